The zero-order chi connectivity index (χ0) is 9.52. The molecule has 0 saturated carbocycles. The molecular weight excluding hydrogens is 168 g/mol. The van der Waals surface area contributed by atoms with Gasteiger partial charge >= 0.3 is 0 Å². The van der Waals surface area contributed by atoms with E-state index in [-0.39, 0.29) is 6.61 Å². The van der Waals surface area contributed by atoms with Crippen molar-refractivity contribution < 1.29 is 5.11 Å². The molecular formula is C8H16N4O. The van der Waals surface area contributed by atoms with E-state index in [0.29, 0.717) is 5.95 Å². The third-order valence-electron chi connectivity index (χ3n) is 1.85. The largest absolute Gasteiger partial charge is 0.396 e. The molecule has 0 atom stereocenters. The number of hydrogen-bond acceptors (Lipinski definition) is 4. The summed E-state index contributed by atoms with van der Waals surface area (Å²) in [6.45, 7) is 1.14. The minimum absolute atomic E-state index is 0.288. The molecule has 0 aliphatic heterocycles. The lowest BCUT2D eigenvalue weighted by Gasteiger charge is -1.99. The van der Waals surface area contributed by atoms with Crippen LogP contribution in [0.4, 0.5) is 5.95 Å². The summed E-state index contributed by atoms with van der Waals surface area (Å²) in [6, 6.07) is 0. The molecule has 1 aromatic heterocycles. The molecule has 3 N–H and O–H groups in total. The van der Waals surface area contributed by atoms with Crippen LogP contribution in [0.25, 0.3) is 0 Å². The van der Waals surface area contributed by atoms with Gasteiger partial charge in [-0.15, -0.1) is 5.10 Å². The Morgan fingerprint density at radius 3 is 2.69 bits per heavy atom. The van der Waals surface area contributed by atoms with Crippen molar-refractivity contribution >= 4 is 5.95 Å². The lowest BCUT2D eigenvalue weighted by atomic mass is 10.2. The molecule has 1 heterocycles. The molecule has 0 fully saturated rings. The van der Waals surface area contributed by atoms with E-state index in [4.69, 9.17) is 10.8 Å². The van der Waals surface area contributed by atoms with Crippen LogP contribution in [0.3, 0.4) is 0 Å². The molecule has 0 radical (unpaired) electrons. The number of aromatic nitrogens is 3. The van der Waals surface area contributed by atoms with Crippen molar-refractivity contribution in [1.82, 2.24) is 14.8 Å². The zero-order valence-corrected chi connectivity index (χ0v) is 7.69. The first-order valence-corrected chi connectivity index (χ1v) is 4.58. The number of aryl methyl sites for hydroxylation is 1. The maximum absolute atomic E-state index is 8.54. The van der Waals surface area contributed by atoms with Crippen molar-refractivity contribution in [2.75, 3.05) is 12.3 Å². The maximum Gasteiger partial charge on any atom is 0.239 e. The second-order valence-electron chi connectivity index (χ2n) is 3.00. The molecule has 0 amide bonds. The van der Waals surface area contributed by atoms with Crippen LogP contribution < -0.4 is 5.73 Å². The van der Waals surface area contributed by atoms with Gasteiger partial charge in [-0.25, -0.2) is 4.98 Å². The molecule has 5 heteroatoms. The Morgan fingerprint density at radius 1 is 1.31 bits per heavy atom. The Hall–Kier alpha value is -1.10. The second-order valence-corrected chi connectivity index (χ2v) is 3.00. The van der Waals surface area contributed by atoms with E-state index in [1.807, 2.05) is 0 Å². The average molecular weight is 184 g/mol. The SMILES string of the molecule is Nc1ncn(CCCCCCO)n1. The van der Waals surface area contributed by atoms with Crippen LogP contribution >= 0.6 is 0 Å². The fourth-order valence-electron chi connectivity index (χ4n) is 1.16. The molecule has 0 aliphatic carbocycles. The van der Waals surface area contributed by atoms with E-state index in [2.05, 4.69) is 10.1 Å². The Morgan fingerprint density at radius 2 is 2.08 bits per heavy atom. The van der Waals surface area contributed by atoms with Gasteiger partial charge in [-0.3, -0.25) is 4.68 Å². The van der Waals surface area contributed by atoms with E-state index >= 15 is 0 Å². The van der Waals surface area contributed by atoms with Gasteiger partial charge in [0, 0.05) is 13.2 Å². The van der Waals surface area contributed by atoms with Crippen LogP contribution in [0.2, 0.25) is 0 Å². The Labute approximate surface area is 77.6 Å². The normalized spacial score (nSPS) is 10.5. The highest BCUT2D eigenvalue weighted by molar-refractivity contribution is 5.08. The molecule has 74 valence electrons. The Balaban J connectivity index is 2.06. The van der Waals surface area contributed by atoms with Crippen LogP contribution in [0.5, 0.6) is 0 Å². The highest BCUT2D eigenvalue weighted by atomic mass is 16.2. The molecule has 0 unspecified atom stereocenters. The molecule has 1 aromatic rings. The van der Waals surface area contributed by atoms with Gasteiger partial charge in [-0.1, -0.05) is 12.8 Å². The third-order valence-corrected chi connectivity index (χ3v) is 1.85. The maximum atomic E-state index is 8.54. The predicted molar refractivity (Wildman–Crippen MR) is 50.0 cm³/mol. The molecule has 0 aromatic carbocycles. The van der Waals surface area contributed by atoms with Gasteiger partial charge in [0.1, 0.15) is 6.33 Å². The summed E-state index contributed by atoms with van der Waals surface area (Å²) in [5.41, 5.74) is 5.35. The van der Waals surface area contributed by atoms with Gasteiger partial charge in [-0.2, -0.15) is 0 Å². The molecule has 0 spiro atoms. The van der Waals surface area contributed by atoms with Crippen molar-refractivity contribution in [2.24, 2.45) is 0 Å². The lowest BCUT2D eigenvalue weighted by Crippen LogP contribution is -1.99. The third kappa shape index (κ3) is 3.89. The Bertz CT molecular complexity index is 236. The first-order valence-electron chi connectivity index (χ1n) is 4.58. The lowest BCUT2D eigenvalue weighted by molar-refractivity contribution is 0.282. The predicted octanol–water partition coefficient (Wildman–Crippen LogP) is 0.413. The smallest absolute Gasteiger partial charge is 0.239 e. The van der Waals surface area contributed by atoms with Gasteiger partial charge < -0.3 is 10.8 Å². The molecule has 5 nitrogen and oxygen atoms in total. The van der Waals surface area contributed by atoms with E-state index in [1.165, 1.54) is 0 Å². The standard InChI is InChI=1S/C8H16N4O/c9-8-10-7-12(11-8)5-3-1-2-4-6-13/h7,13H,1-6H2,(H2,9,11). The van der Waals surface area contributed by atoms with Crippen molar-refractivity contribution in [3.05, 3.63) is 6.33 Å². The van der Waals surface area contributed by atoms with Crippen molar-refractivity contribution in [2.45, 2.75) is 32.2 Å². The molecule has 1 rings (SSSR count). The summed E-state index contributed by atoms with van der Waals surface area (Å²) in [7, 11) is 0. The van der Waals surface area contributed by atoms with Crippen LogP contribution in [0.1, 0.15) is 25.7 Å². The first-order chi connectivity index (χ1) is 6.33. The van der Waals surface area contributed by atoms with Gasteiger partial charge in [0.15, 0.2) is 0 Å². The number of nitrogens with zero attached hydrogens (tertiary/aromatic N) is 3. The van der Waals surface area contributed by atoms with Gasteiger partial charge in [0.05, 0.1) is 0 Å². The minimum atomic E-state index is 0.288. The number of nitrogen functional groups attached to an aromatic ring is 1. The number of aliphatic hydroxyl groups is 1. The summed E-state index contributed by atoms with van der Waals surface area (Å²) in [5, 5.41) is 12.5. The fourth-order valence-corrected chi connectivity index (χ4v) is 1.16. The topological polar surface area (TPSA) is 77.0 Å². The van der Waals surface area contributed by atoms with Gasteiger partial charge in [-0.05, 0) is 12.8 Å². The van der Waals surface area contributed by atoms with Crippen molar-refractivity contribution in [3.8, 4) is 0 Å². The van der Waals surface area contributed by atoms with E-state index in [9.17, 15) is 0 Å². The van der Waals surface area contributed by atoms with Crippen LogP contribution in [-0.2, 0) is 6.54 Å². The summed E-state index contributed by atoms with van der Waals surface area (Å²) in [6.07, 6.45) is 5.77. The summed E-state index contributed by atoms with van der Waals surface area (Å²) in [5.74, 6) is 0.329. The Kier molecular flexibility index (Phi) is 4.25. The van der Waals surface area contributed by atoms with Crippen LogP contribution in [0.15, 0.2) is 6.33 Å². The molecule has 13 heavy (non-hydrogen) atoms. The molecule has 0 bridgehead atoms. The van der Waals surface area contributed by atoms with Gasteiger partial charge in [0.2, 0.25) is 5.95 Å². The summed E-state index contributed by atoms with van der Waals surface area (Å²) >= 11 is 0. The summed E-state index contributed by atoms with van der Waals surface area (Å²) < 4.78 is 1.74. The number of unbranched alkanes of at least 4 members (excludes halogenated alkanes) is 3. The summed E-state index contributed by atoms with van der Waals surface area (Å²) in [4.78, 5) is 3.82. The second kappa shape index (κ2) is 5.53. The zero-order valence-electron chi connectivity index (χ0n) is 7.69. The van der Waals surface area contributed by atoms with Crippen LogP contribution in [0, 0.1) is 0 Å². The average Bonchev–Trinajstić information content (AvgIpc) is 2.51. The minimum Gasteiger partial charge on any atom is -0.396 e. The highest BCUT2D eigenvalue weighted by Gasteiger charge is 1.95. The number of nitrogens with two attached hydrogens (primary N) is 1. The monoisotopic (exact) mass is 184 g/mol. The van der Waals surface area contributed by atoms with Crippen molar-refractivity contribution in [3.63, 3.8) is 0 Å². The fraction of sp³-hybridized carbons (Fsp3) is 0.750. The number of rotatable bonds is 6. The highest BCUT2D eigenvalue weighted by Crippen LogP contribution is 2.01. The van der Waals surface area contributed by atoms with Crippen LogP contribution in [-0.4, -0.2) is 26.5 Å². The van der Waals surface area contributed by atoms with E-state index < -0.39 is 0 Å². The first kappa shape index (κ1) is 9.98. The molecule has 0 saturated heterocycles. The number of aliphatic hydroxyl groups excluding tert-OH is 1. The number of anilines is 1. The van der Waals surface area contributed by atoms with Gasteiger partial charge in [0.25, 0.3) is 0 Å². The number of hydrogen-bond donors (Lipinski definition) is 2. The van der Waals surface area contributed by atoms with Crippen molar-refractivity contribution in [1.29, 1.82) is 0 Å². The molecule has 0 aliphatic rings. The van der Waals surface area contributed by atoms with E-state index in [1.54, 1.807) is 11.0 Å². The van der Waals surface area contributed by atoms with E-state index in [0.717, 1.165) is 32.2 Å². The quantitative estimate of drug-likeness (QED) is 0.628.